The highest BCUT2D eigenvalue weighted by molar-refractivity contribution is 7.89. The third-order valence-electron chi connectivity index (χ3n) is 6.74. The van der Waals surface area contributed by atoms with Gasteiger partial charge in [-0.05, 0) is 64.3 Å². The zero-order valence-electron chi connectivity index (χ0n) is 18.3. The molecular formula is C22H31N3O4S. The average Bonchev–Trinajstić information content (AvgIpc) is 3.33. The maximum Gasteiger partial charge on any atom is 0.243 e. The van der Waals surface area contributed by atoms with Crippen molar-refractivity contribution in [2.45, 2.75) is 43.7 Å². The number of aryl methyl sites for hydroxylation is 2. The van der Waals surface area contributed by atoms with E-state index in [0.717, 1.165) is 29.7 Å². The molecule has 7 nitrogen and oxygen atoms in total. The fourth-order valence-electron chi connectivity index (χ4n) is 5.01. The molecule has 1 aliphatic carbocycles. The van der Waals surface area contributed by atoms with E-state index >= 15 is 0 Å². The van der Waals surface area contributed by atoms with Crippen molar-refractivity contribution >= 4 is 10.0 Å². The molecule has 8 heteroatoms. The molecule has 0 spiro atoms. The van der Waals surface area contributed by atoms with Crippen LogP contribution in [0.15, 0.2) is 33.7 Å². The lowest BCUT2D eigenvalue weighted by atomic mass is 9.77. The summed E-state index contributed by atoms with van der Waals surface area (Å²) in [7, 11) is 2.30. The molecule has 2 aromatic rings. The number of sulfonamides is 1. The summed E-state index contributed by atoms with van der Waals surface area (Å²) in [5.41, 5.74) is 2.23. The van der Waals surface area contributed by atoms with Crippen LogP contribution in [-0.4, -0.2) is 69.2 Å². The molecule has 30 heavy (non-hydrogen) atoms. The van der Waals surface area contributed by atoms with Crippen LogP contribution in [0, 0.1) is 25.7 Å². The van der Waals surface area contributed by atoms with Gasteiger partial charge in [0.2, 0.25) is 10.0 Å². The lowest BCUT2D eigenvalue weighted by Crippen LogP contribution is -2.47. The van der Waals surface area contributed by atoms with E-state index in [0.29, 0.717) is 41.6 Å². The summed E-state index contributed by atoms with van der Waals surface area (Å²) >= 11 is 0. The predicted octanol–water partition coefficient (Wildman–Crippen LogP) is 2.93. The Morgan fingerprint density at radius 1 is 1.13 bits per heavy atom. The minimum Gasteiger partial charge on any atom is -0.380 e. The Morgan fingerprint density at radius 3 is 2.43 bits per heavy atom. The van der Waals surface area contributed by atoms with E-state index in [1.807, 2.05) is 32.0 Å². The van der Waals surface area contributed by atoms with E-state index in [2.05, 4.69) is 24.2 Å². The molecule has 4 atom stereocenters. The van der Waals surface area contributed by atoms with Gasteiger partial charge in [-0.1, -0.05) is 17.3 Å². The van der Waals surface area contributed by atoms with Crippen molar-refractivity contribution in [2.75, 3.05) is 34.3 Å². The van der Waals surface area contributed by atoms with Crippen molar-refractivity contribution in [2.24, 2.45) is 11.8 Å². The maximum atomic E-state index is 13.6. The molecule has 164 valence electrons. The molecule has 1 aromatic heterocycles. The largest absolute Gasteiger partial charge is 0.380 e. The standard InChI is InChI=1S/C22H31N3O4S/c1-14-6-7-16(20-8-15(2)23-29-20)11-22(14)30(26,27)25-12-17-9-19(24(3)4)21(28-5)10-18(17)13-25/h6-8,11,17-19,21H,9-10,12-13H2,1-5H3/t17-,18+,19-,21-/m1/s1. The number of methoxy groups -OCH3 is 1. The number of ether oxygens (including phenoxy) is 1. The monoisotopic (exact) mass is 433 g/mol. The second kappa shape index (κ2) is 8.07. The highest BCUT2D eigenvalue weighted by atomic mass is 32.2. The lowest BCUT2D eigenvalue weighted by Gasteiger charge is -2.40. The van der Waals surface area contributed by atoms with Gasteiger partial charge < -0.3 is 14.2 Å². The zero-order chi connectivity index (χ0) is 21.6. The van der Waals surface area contributed by atoms with E-state index in [-0.39, 0.29) is 6.10 Å². The summed E-state index contributed by atoms with van der Waals surface area (Å²) in [6.45, 7) is 4.81. The molecule has 1 saturated carbocycles. The fraction of sp³-hybridized carbons (Fsp3) is 0.591. The van der Waals surface area contributed by atoms with Gasteiger partial charge in [0.25, 0.3) is 0 Å². The van der Waals surface area contributed by atoms with E-state index in [1.165, 1.54) is 0 Å². The second-order valence-electron chi connectivity index (χ2n) is 8.93. The normalized spacial score (nSPS) is 27.5. The van der Waals surface area contributed by atoms with Crippen molar-refractivity contribution in [3.05, 3.63) is 35.5 Å². The van der Waals surface area contributed by atoms with Crippen LogP contribution in [0.5, 0.6) is 0 Å². The number of aromatic nitrogens is 1. The van der Waals surface area contributed by atoms with Gasteiger partial charge in [-0.2, -0.15) is 4.31 Å². The first-order chi connectivity index (χ1) is 14.2. The summed E-state index contributed by atoms with van der Waals surface area (Å²) in [4.78, 5) is 2.55. The molecule has 0 amide bonds. The van der Waals surface area contributed by atoms with Gasteiger partial charge in [0.05, 0.1) is 16.7 Å². The molecule has 0 unspecified atom stereocenters. The van der Waals surface area contributed by atoms with Crippen molar-refractivity contribution in [1.82, 2.24) is 14.4 Å². The Hall–Kier alpha value is -1.74. The molecule has 1 aliphatic heterocycles. The van der Waals surface area contributed by atoms with Gasteiger partial charge in [0, 0.05) is 37.9 Å². The van der Waals surface area contributed by atoms with Crippen molar-refractivity contribution in [3.63, 3.8) is 0 Å². The highest BCUT2D eigenvalue weighted by Gasteiger charge is 2.46. The van der Waals surface area contributed by atoms with Crippen molar-refractivity contribution < 1.29 is 17.7 Å². The minimum atomic E-state index is -3.60. The topological polar surface area (TPSA) is 75.9 Å². The first-order valence-electron chi connectivity index (χ1n) is 10.4. The lowest BCUT2D eigenvalue weighted by molar-refractivity contribution is -0.0209. The Morgan fingerprint density at radius 2 is 1.83 bits per heavy atom. The number of fused-ring (bicyclic) bond motifs is 1. The number of rotatable bonds is 5. The van der Waals surface area contributed by atoms with E-state index in [9.17, 15) is 8.42 Å². The molecule has 0 radical (unpaired) electrons. The Balaban J connectivity index is 1.61. The summed E-state index contributed by atoms with van der Waals surface area (Å²) < 4.78 is 39.9. The van der Waals surface area contributed by atoms with Gasteiger partial charge in [0.15, 0.2) is 5.76 Å². The molecule has 2 aliphatic rings. The van der Waals surface area contributed by atoms with E-state index in [4.69, 9.17) is 9.26 Å². The molecular weight excluding hydrogens is 402 g/mol. The predicted molar refractivity (Wildman–Crippen MR) is 115 cm³/mol. The van der Waals surface area contributed by atoms with Crippen LogP contribution in [0.2, 0.25) is 0 Å². The van der Waals surface area contributed by atoms with Crippen LogP contribution < -0.4 is 0 Å². The van der Waals surface area contributed by atoms with E-state index < -0.39 is 10.0 Å². The van der Waals surface area contributed by atoms with Crippen LogP contribution in [-0.2, 0) is 14.8 Å². The molecule has 1 aromatic carbocycles. The molecule has 2 fully saturated rings. The van der Waals surface area contributed by atoms with Crippen LogP contribution >= 0.6 is 0 Å². The third-order valence-corrected chi connectivity index (χ3v) is 8.71. The molecule has 0 bridgehead atoms. The highest BCUT2D eigenvalue weighted by Crippen LogP contribution is 2.41. The zero-order valence-corrected chi connectivity index (χ0v) is 19.1. The maximum absolute atomic E-state index is 13.6. The van der Waals surface area contributed by atoms with Crippen molar-refractivity contribution in [3.8, 4) is 11.3 Å². The first-order valence-corrected chi connectivity index (χ1v) is 11.9. The molecule has 4 rings (SSSR count). The smallest absolute Gasteiger partial charge is 0.243 e. The van der Waals surface area contributed by atoms with Gasteiger partial charge in [0.1, 0.15) is 0 Å². The summed E-state index contributed by atoms with van der Waals surface area (Å²) in [5.74, 6) is 1.27. The van der Waals surface area contributed by atoms with Gasteiger partial charge in [-0.3, -0.25) is 0 Å². The quantitative estimate of drug-likeness (QED) is 0.722. The minimum absolute atomic E-state index is 0.142. The van der Waals surface area contributed by atoms with Crippen LogP contribution in [0.3, 0.4) is 0 Å². The first kappa shape index (κ1) is 21.5. The molecule has 1 saturated heterocycles. The van der Waals surface area contributed by atoms with Crippen molar-refractivity contribution in [1.29, 1.82) is 0 Å². The van der Waals surface area contributed by atoms with Gasteiger partial charge >= 0.3 is 0 Å². The van der Waals surface area contributed by atoms with Crippen LogP contribution in [0.25, 0.3) is 11.3 Å². The summed E-state index contributed by atoms with van der Waals surface area (Å²) in [6.07, 6.45) is 1.99. The molecule has 0 N–H and O–H groups in total. The number of likely N-dealkylation sites (N-methyl/N-ethyl adjacent to an activating group) is 1. The Bertz CT molecular complexity index is 1020. The second-order valence-corrected chi connectivity index (χ2v) is 10.8. The fourth-order valence-corrected chi connectivity index (χ4v) is 6.81. The van der Waals surface area contributed by atoms with Gasteiger partial charge in [-0.15, -0.1) is 0 Å². The average molecular weight is 434 g/mol. The summed E-state index contributed by atoms with van der Waals surface area (Å²) in [5, 5.41) is 3.92. The van der Waals surface area contributed by atoms with Crippen LogP contribution in [0.4, 0.5) is 0 Å². The van der Waals surface area contributed by atoms with Crippen LogP contribution in [0.1, 0.15) is 24.1 Å². The number of hydrogen-bond donors (Lipinski definition) is 0. The number of nitrogens with zero attached hydrogens (tertiary/aromatic N) is 3. The Labute approximate surface area is 179 Å². The van der Waals surface area contributed by atoms with Gasteiger partial charge in [-0.25, -0.2) is 8.42 Å². The Kier molecular flexibility index (Phi) is 5.78. The summed E-state index contributed by atoms with van der Waals surface area (Å²) in [6, 6.07) is 7.57. The third kappa shape index (κ3) is 3.82. The SMILES string of the molecule is CO[C@@H]1C[C@H]2CN(S(=O)(=O)c3cc(-c4cc(C)no4)ccc3C)C[C@H]2C[C@H]1N(C)C. The number of hydrogen-bond acceptors (Lipinski definition) is 6. The number of benzene rings is 1. The molecule has 2 heterocycles. The van der Waals surface area contributed by atoms with E-state index in [1.54, 1.807) is 17.5 Å².